The van der Waals surface area contributed by atoms with Crippen molar-refractivity contribution in [3.8, 4) is 16.8 Å². The molecule has 2 aliphatic heterocycles. The van der Waals surface area contributed by atoms with E-state index in [2.05, 4.69) is 179 Å². The maximum atomic E-state index is 6.56. The number of hydrogen-bond donors (Lipinski definition) is 0. The van der Waals surface area contributed by atoms with Gasteiger partial charge in [-0.2, -0.15) is 0 Å². The average Bonchev–Trinajstić information content (AvgIpc) is 3.84. The van der Waals surface area contributed by atoms with Crippen molar-refractivity contribution in [2.24, 2.45) is 0 Å². The first-order valence-corrected chi connectivity index (χ1v) is 20.7. The summed E-state index contributed by atoms with van der Waals surface area (Å²) in [4.78, 5) is 2.66. The molecule has 7 aromatic carbocycles. The van der Waals surface area contributed by atoms with E-state index in [4.69, 9.17) is 4.42 Å². The molecule has 0 bridgehead atoms. The summed E-state index contributed by atoms with van der Waals surface area (Å²) < 4.78 is 11.8. The van der Waals surface area contributed by atoms with Crippen LogP contribution in [0, 0.1) is 6.92 Å². The number of nitrogens with zero attached hydrogens (tertiary/aromatic N) is 2. The van der Waals surface area contributed by atoms with Gasteiger partial charge in [-0.1, -0.05) is 108 Å². The quantitative estimate of drug-likeness (QED) is 0.156. The second-order valence-electron chi connectivity index (χ2n) is 18.2. The number of aromatic nitrogens is 1. The summed E-state index contributed by atoms with van der Waals surface area (Å²) in [6, 6.07) is 46.3. The molecule has 56 heavy (non-hydrogen) atoms. The molecule has 0 spiro atoms. The summed E-state index contributed by atoms with van der Waals surface area (Å²) >= 11 is 1.90. The SMILES string of the molecule is Cc1cc2c3c4c1c1cc5oc6ccccc6c5cc1n4-c1cc4sc5ccccc5c4cc1B3N(c1ccc(C(C)(C)C)cc1)c1ccc(C(C)(C)C)cc1-2. The lowest BCUT2D eigenvalue weighted by Gasteiger charge is -2.42. The van der Waals surface area contributed by atoms with Gasteiger partial charge >= 0.3 is 6.85 Å². The van der Waals surface area contributed by atoms with E-state index >= 15 is 0 Å². The van der Waals surface area contributed by atoms with Crippen LogP contribution in [-0.2, 0) is 10.8 Å². The second kappa shape index (κ2) is 10.7. The molecule has 2 aliphatic rings. The lowest BCUT2D eigenvalue weighted by Crippen LogP contribution is -2.60. The van der Waals surface area contributed by atoms with Crippen molar-refractivity contribution < 1.29 is 4.42 Å². The number of rotatable bonds is 1. The van der Waals surface area contributed by atoms with Gasteiger partial charge in [-0.05, 0) is 106 Å². The molecule has 5 heteroatoms. The Hall–Kier alpha value is -5.78. The fourth-order valence-electron chi connectivity index (χ4n) is 9.99. The van der Waals surface area contributed by atoms with Gasteiger partial charge in [-0.3, -0.25) is 0 Å². The van der Waals surface area contributed by atoms with Crippen molar-refractivity contribution in [1.82, 2.24) is 4.57 Å². The van der Waals surface area contributed by atoms with Gasteiger partial charge in [0.2, 0.25) is 0 Å². The van der Waals surface area contributed by atoms with Gasteiger partial charge < -0.3 is 13.8 Å². The van der Waals surface area contributed by atoms with Crippen LogP contribution < -0.4 is 15.7 Å². The maximum Gasteiger partial charge on any atom is 0.333 e. The predicted molar refractivity (Wildman–Crippen MR) is 242 cm³/mol. The van der Waals surface area contributed by atoms with E-state index in [0.717, 1.165) is 21.9 Å². The highest BCUT2D eigenvalue weighted by atomic mass is 32.1. The third-order valence-electron chi connectivity index (χ3n) is 12.8. The predicted octanol–water partition coefficient (Wildman–Crippen LogP) is 13.2. The molecule has 0 atom stereocenters. The number of furan rings is 1. The van der Waals surface area contributed by atoms with Gasteiger partial charge in [0, 0.05) is 64.3 Å². The largest absolute Gasteiger partial charge is 0.456 e. The highest BCUT2D eigenvalue weighted by Crippen LogP contribution is 2.49. The van der Waals surface area contributed by atoms with E-state index in [1.165, 1.54) is 97.8 Å². The number of aryl methyl sites for hydroxylation is 1. The van der Waals surface area contributed by atoms with Crippen LogP contribution in [0.15, 0.2) is 126 Å². The highest BCUT2D eigenvalue weighted by Gasteiger charge is 2.45. The zero-order chi connectivity index (χ0) is 38.0. The van der Waals surface area contributed by atoms with Crippen LogP contribution in [0.1, 0.15) is 58.2 Å². The molecule has 12 rings (SSSR count). The number of fused-ring (bicyclic) bond motifs is 14. The Morgan fingerprint density at radius 1 is 0.571 bits per heavy atom. The van der Waals surface area contributed by atoms with E-state index < -0.39 is 0 Å². The number of anilines is 2. The molecule has 0 radical (unpaired) electrons. The summed E-state index contributed by atoms with van der Waals surface area (Å²) in [6.07, 6.45) is 0. The average molecular weight is 741 g/mol. The minimum absolute atomic E-state index is 0.00536. The smallest absolute Gasteiger partial charge is 0.333 e. The Bertz CT molecular complexity index is 3350. The zero-order valence-corrected chi connectivity index (χ0v) is 33.7. The maximum absolute atomic E-state index is 6.56. The van der Waals surface area contributed by atoms with Gasteiger partial charge in [0.15, 0.2) is 0 Å². The van der Waals surface area contributed by atoms with Crippen LogP contribution in [-0.4, -0.2) is 11.4 Å². The highest BCUT2D eigenvalue weighted by molar-refractivity contribution is 7.25. The van der Waals surface area contributed by atoms with Crippen molar-refractivity contribution in [3.05, 3.63) is 138 Å². The van der Waals surface area contributed by atoms with Crippen LogP contribution in [0.4, 0.5) is 11.4 Å². The molecule has 0 saturated heterocycles. The number of hydrogen-bond acceptors (Lipinski definition) is 3. The minimum Gasteiger partial charge on any atom is -0.456 e. The van der Waals surface area contributed by atoms with Gasteiger partial charge in [0.1, 0.15) is 11.2 Å². The lowest BCUT2D eigenvalue weighted by atomic mass is 9.43. The van der Waals surface area contributed by atoms with Crippen LogP contribution in [0.5, 0.6) is 0 Å². The van der Waals surface area contributed by atoms with Crippen molar-refractivity contribution in [2.75, 3.05) is 4.81 Å². The summed E-state index contributed by atoms with van der Waals surface area (Å²) in [5.41, 5.74) is 17.5. The Kier molecular flexibility index (Phi) is 6.23. The first-order valence-electron chi connectivity index (χ1n) is 19.9. The molecule has 0 aliphatic carbocycles. The lowest BCUT2D eigenvalue weighted by molar-refractivity contribution is 0.590. The van der Waals surface area contributed by atoms with E-state index in [1.54, 1.807) is 0 Å². The molecule has 0 unspecified atom stereocenters. The van der Waals surface area contributed by atoms with E-state index in [-0.39, 0.29) is 17.7 Å². The first kappa shape index (κ1) is 32.5. The third-order valence-corrected chi connectivity index (χ3v) is 13.9. The molecule has 0 N–H and O–H groups in total. The Balaban J connectivity index is 1.28. The minimum atomic E-state index is -0.0414. The Labute approximate surface area is 330 Å². The first-order chi connectivity index (χ1) is 26.9. The molecule has 3 aromatic heterocycles. The topological polar surface area (TPSA) is 21.3 Å². The van der Waals surface area contributed by atoms with Crippen molar-refractivity contribution in [2.45, 2.75) is 59.3 Å². The van der Waals surface area contributed by atoms with Crippen LogP contribution >= 0.6 is 11.3 Å². The molecular weight excluding hydrogens is 699 g/mol. The summed E-state index contributed by atoms with van der Waals surface area (Å²) in [5.74, 6) is 0. The normalized spacial score (nSPS) is 13.9. The second-order valence-corrected chi connectivity index (χ2v) is 19.3. The Morgan fingerprint density at radius 2 is 1.30 bits per heavy atom. The van der Waals surface area contributed by atoms with Gasteiger partial charge in [0.25, 0.3) is 0 Å². The van der Waals surface area contributed by atoms with Gasteiger partial charge in [-0.25, -0.2) is 0 Å². The number of para-hydroxylation sites is 1. The molecule has 0 saturated carbocycles. The molecule has 3 nitrogen and oxygen atoms in total. The summed E-state index contributed by atoms with van der Waals surface area (Å²) in [6.45, 7) is 16.1. The van der Waals surface area contributed by atoms with E-state index in [9.17, 15) is 0 Å². The zero-order valence-electron chi connectivity index (χ0n) is 32.8. The van der Waals surface area contributed by atoms with E-state index in [0.29, 0.717) is 0 Å². The molecular formula is C51H41BN2OS. The molecule has 0 amide bonds. The Morgan fingerprint density at radius 3 is 2.09 bits per heavy atom. The van der Waals surface area contributed by atoms with Crippen LogP contribution in [0.2, 0.25) is 0 Å². The summed E-state index contributed by atoms with van der Waals surface area (Å²) in [7, 11) is 0. The summed E-state index contributed by atoms with van der Waals surface area (Å²) in [5, 5.41) is 7.52. The molecule has 5 heterocycles. The number of benzene rings is 7. The third kappa shape index (κ3) is 4.24. The van der Waals surface area contributed by atoms with Crippen LogP contribution in [0.25, 0.3) is 80.7 Å². The van der Waals surface area contributed by atoms with Crippen molar-refractivity contribution >= 4 is 104 Å². The van der Waals surface area contributed by atoms with Crippen LogP contribution in [0.3, 0.4) is 0 Å². The molecule has 270 valence electrons. The standard InChI is InChI=1S/C51H41BN2OS/c1-28-22-37-34-23-30(51(5,6)7)18-21-40(34)54(31-19-16-29(17-20-31)50(2,3)4)52-39-24-36-33-13-9-11-15-45(33)56-46(36)27-42(39)53-41-25-35-32-12-8-10-14-43(32)55-44(35)26-38(41)47(28)49(53)48(37)52/h8-27H,1-7H3. The number of thiophene rings is 1. The van der Waals surface area contributed by atoms with E-state index in [1.807, 2.05) is 11.3 Å². The van der Waals surface area contributed by atoms with Gasteiger partial charge in [0.05, 0.1) is 11.0 Å². The molecule has 10 aromatic rings. The van der Waals surface area contributed by atoms with Crippen molar-refractivity contribution in [1.29, 1.82) is 0 Å². The molecule has 0 fully saturated rings. The fraction of sp³-hybridized carbons (Fsp3) is 0.176. The van der Waals surface area contributed by atoms with Crippen molar-refractivity contribution in [3.63, 3.8) is 0 Å². The monoisotopic (exact) mass is 740 g/mol. The fourth-order valence-corrected chi connectivity index (χ4v) is 11.1. The van der Waals surface area contributed by atoms with Gasteiger partial charge in [-0.15, -0.1) is 11.3 Å².